The van der Waals surface area contributed by atoms with Gasteiger partial charge in [0.25, 0.3) is 0 Å². The number of aliphatic imine (C=N–C) groups is 1. The second-order valence-corrected chi connectivity index (χ2v) is 6.89. The number of nitrogens with zero attached hydrogens (tertiary/aromatic N) is 2. The van der Waals surface area contributed by atoms with Gasteiger partial charge in [0.15, 0.2) is 5.96 Å². The first-order chi connectivity index (χ1) is 8.75. The molecule has 3 nitrogen and oxygen atoms in total. The third kappa shape index (κ3) is 2.20. The molecule has 0 bridgehead atoms. The molecule has 2 N–H and O–H groups in total. The molecule has 94 valence electrons. The maximum Gasteiger partial charge on any atom is 0.192 e. The molecular weight excluding hydrogens is 330 g/mol. The van der Waals surface area contributed by atoms with Gasteiger partial charge in [-0.1, -0.05) is 6.07 Å². The van der Waals surface area contributed by atoms with E-state index >= 15 is 0 Å². The molecule has 0 amide bonds. The van der Waals surface area contributed by atoms with Gasteiger partial charge in [-0.15, -0.1) is 22.7 Å². The lowest BCUT2D eigenvalue weighted by Gasteiger charge is -2.25. The van der Waals surface area contributed by atoms with Gasteiger partial charge in [0, 0.05) is 14.2 Å². The normalized spacial score (nSPS) is 19.3. The van der Waals surface area contributed by atoms with Crippen LogP contribution in [0, 0.1) is 0 Å². The van der Waals surface area contributed by atoms with Crippen molar-refractivity contribution in [3.05, 3.63) is 43.2 Å². The molecule has 3 heterocycles. The van der Waals surface area contributed by atoms with E-state index in [2.05, 4.69) is 54.8 Å². The van der Waals surface area contributed by atoms with Crippen LogP contribution in [0.25, 0.3) is 0 Å². The van der Waals surface area contributed by atoms with Gasteiger partial charge >= 0.3 is 0 Å². The van der Waals surface area contributed by atoms with Crippen molar-refractivity contribution < 1.29 is 0 Å². The summed E-state index contributed by atoms with van der Waals surface area (Å²) in [5.74, 6) is 0.647. The van der Waals surface area contributed by atoms with E-state index in [1.165, 1.54) is 9.75 Å². The number of halogens is 1. The summed E-state index contributed by atoms with van der Waals surface area (Å²) in [5.41, 5.74) is 6.01. The summed E-state index contributed by atoms with van der Waals surface area (Å²) >= 11 is 7.10. The maximum atomic E-state index is 6.01. The fraction of sp³-hybridized carbons (Fsp3) is 0.250. The average molecular weight is 342 g/mol. The molecule has 18 heavy (non-hydrogen) atoms. The van der Waals surface area contributed by atoms with Crippen LogP contribution in [0.2, 0.25) is 0 Å². The summed E-state index contributed by atoms with van der Waals surface area (Å²) in [4.78, 5) is 9.18. The second-order valence-electron chi connectivity index (χ2n) is 4.05. The monoisotopic (exact) mass is 341 g/mol. The molecule has 0 saturated carbocycles. The van der Waals surface area contributed by atoms with E-state index in [1.807, 2.05) is 0 Å². The Morgan fingerprint density at radius 3 is 2.94 bits per heavy atom. The van der Waals surface area contributed by atoms with E-state index in [-0.39, 0.29) is 6.04 Å². The Labute approximate surface area is 122 Å². The first-order valence-corrected chi connectivity index (χ1v) is 8.13. The van der Waals surface area contributed by atoms with Crippen LogP contribution in [0.3, 0.4) is 0 Å². The van der Waals surface area contributed by atoms with E-state index in [0.29, 0.717) is 5.96 Å². The van der Waals surface area contributed by atoms with Gasteiger partial charge < -0.3 is 10.6 Å². The summed E-state index contributed by atoms with van der Waals surface area (Å²) in [6.45, 7) is 1.58. The van der Waals surface area contributed by atoms with Crippen molar-refractivity contribution in [2.75, 3.05) is 6.54 Å². The van der Waals surface area contributed by atoms with Crippen LogP contribution in [0.1, 0.15) is 15.8 Å². The van der Waals surface area contributed by atoms with Crippen molar-refractivity contribution in [1.82, 2.24) is 4.90 Å². The van der Waals surface area contributed by atoms with E-state index in [0.717, 1.165) is 17.6 Å². The first-order valence-electron chi connectivity index (χ1n) is 5.57. The Morgan fingerprint density at radius 2 is 2.28 bits per heavy atom. The standard InChI is InChI=1S/C12H12BrN3S2/c13-9-3-5-18-11(9)10-6-15-12(14)16(10)7-8-2-1-4-17-8/h1-5,10H,6-7H2,(H2,14,15). The number of hydrogen-bond acceptors (Lipinski definition) is 5. The van der Waals surface area contributed by atoms with Crippen molar-refractivity contribution in [2.24, 2.45) is 10.7 Å². The molecule has 1 aliphatic rings. The first kappa shape index (κ1) is 12.2. The number of rotatable bonds is 3. The van der Waals surface area contributed by atoms with Gasteiger partial charge in [-0.2, -0.15) is 0 Å². The predicted octanol–water partition coefficient (Wildman–Crippen LogP) is 3.44. The molecule has 0 fully saturated rings. The smallest absolute Gasteiger partial charge is 0.192 e. The minimum absolute atomic E-state index is 0.265. The molecule has 0 radical (unpaired) electrons. The van der Waals surface area contributed by atoms with Crippen LogP contribution in [0.4, 0.5) is 0 Å². The molecule has 1 atom stereocenters. The zero-order valence-corrected chi connectivity index (χ0v) is 12.8. The molecule has 0 saturated heterocycles. The van der Waals surface area contributed by atoms with E-state index in [9.17, 15) is 0 Å². The molecule has 0 aliphatic carbocycles. The Kier molecular flexibility index (Phi) is 3.41. The van der Waals surface area contributed by atoms with Crippen LogP contribution in [0.15, 0.2) is 38.4 Å². The molecule has 1 unspecified atom stereocenters. The average Bonchev–Trinajstić information content (AvgIpc) is 3.05. The van der Waals surface area contributed by atoms with Gasteiger partial charge in [-0.25, -0.2) is 0 Å². The van der Waals surface area contributed by atoms with Gasteiger partial charge in [-0.3, -0.25) is 4.99 Å². The SMILES string of the molecule is NC1=NCC(c2sccc2Br)N1Cc1cccs1. The zero-order chi connectivity index (χ0) is 12.5. The molecule has 6 heteroatoms. The highest BCUT2D eigenvalue weighted by atomic mass is 79.9. The highest BCUT2D eigenvalue weighted by Crippen LogP contribution is 2.36. The molecule has 2 aromatic rings. The van der Waals surface area contributed by atoms with Crippen molar-refractivity contribution >= 4 is 44.6 Å². The fourth-order valence-corrected chi connectivity index (χ4v) is 4.50. The third-order valence-corrected chi connectivity index (χ3v) is 5.78. The van der Waals surface area contributed by atoms with Crippen LogP contribution >= 0.6 is 38.6 Å². The summed E-state index contributed by atoms with van der Waals surface area (Å²) in [6.07, 6.45) is 0. The van der Waals surface area contributed by atoms with E-state index < -0.39 is 0 Å². The number of guanidine groups is 1. The van der Waals surface area contributed by atoms with Gasteiger partial charge in [0.1, 0.15) is 0 Å². The third-order valence-electron chi connectivity index (χ3n) is 2.95. The van der Waals surface area contributed by atoms with E-state index in [4.69, 9.17) is 5.73 Å². The van der Waals surface area contributed by atoms with Crippen molar-refractivity contribution in [2.45, 2.75) is 12.6 Å². The van der Waals surface area contributed by atoms with Gasteiger partial charge in [-0.05, 0) is 38.8 Å². The minimum Gasteiger partial charge on any atom is -0.370 e. The van der Waals surface area contributed by atoms with Crippen LogP contribution in [0.5, 0.6) is 0 Å². The number of nitrogens with two attached hydrogens (primary N) is 1. The highest BCUT2D eigenvalue weighted by molar-refractivity contribution is 9.10. The maximum absolute atomic E-state index is 6.01. The lowest BCUT2D eigenvalue weighted by Crippen LogP contribution is -2.35. The molecule has 0 aromatic carbocycles. The van der Waals surface area contributed by atoms with Crippen molar-refractivity contribution in [3.8, 4) is 0 Å². The molecule has 3 rings (SSSR count). The summed E-state index contributed by atoms with van der Waals surface area (Å²) in [7, 11) is 0. The van der Waals surface area contributed by atoms with E-state index in [1.54, 1.807) is 22.7 Å². The molecule has 0 spiro atoms. The van der Waals surface area contributed by atoms with Gasteiger partial charge in [0.2, 0.25) is 0 Å². The Balaban J connectivity index is 1.85. The molecule has 2 aromatic heterocycles. The lowest BCUT2D eigenvalue weighted by atomic mass is 10.2. The Bertz CT molecular complexity index is 562. The molecular formula is C12H12BrN3S2. The zero-order valence-electron chi connectivity index (χ0n) is 9.54. The van der Waals surface area contributed by atoms with Gasteiger partial charge in [0.05, 0.1) is 19.1 Å². The van der Waals surface area contributed by atoms with Crippen molar-refractivity contribution in [3.63, 3.8) is 0 Å². The summed E-state index contributed by atoms with van der Waals surface area (Å²) in [5, 5.41) is 4.19. The van der Waals surface area contributed by atoms with Crippen LogP contribution in [-0.2, 0) is 6.54 Å². The van der Waals surface area contributed by atoms with Crippen molar-refractivity contribution in [1.29, 1.82) is 0 Å². The second kappa shape index (κ2) is 5.03. The predicted molar refractivity (Wildman–Crippen MR) is 81.1 cm³/mol. The van der Waals surface area contributed by atoms with Crippen LogP contribution < -0.4 is 5.73 Å². The number of thiophene rings is 2. The Morgan fingerprint density at radius 1 is 1.39 bits per heavy atom. The fourth-order valence-electron chi connectivity index (χ4n) is 2.06. The molecule has 1 aliphatic heterocycles. The summed E-state index contributed by atoms with van der Waals surface area (Å²) in [6, 6.07) is 6.55. The topological polar surface area (TPSA) is 41.6 Å². The van der Waals surface area contributed by atoms with Crippen LogP contribution in [-0.4, -0.2) is 17.4 Å². The summed E-state index contributed by atoms with van der Waals surface area (Å²) < 4.78 is 1.15. The number of hydrogen-bond donors (Lipinski definition) is 1. The Hall–Kier alpha value is -0.850. The quantitative estimate of drug-likeness (QED) is 0.928. The minimum atomic E-state index is 0.265. The highest BCUT2D eigenvalue weighted by Gasteiger charge is 2.29. The lowest BCUT2D eigenvalue weighted by molar-refractivity contribution is 0.346. The largest absolute Gasteiger partial charge is 0.370 e.